The molecule has 12 rings (SSSR count). The van der Waals surface area contributed by atoms with E-state index in [0.717, 1.165) is 21.9 Å². The lowest BCUT2D eigenvalue weighted by Crippen LogP contribution is -2.06. The first-order chi connectivity index (χ1) is 34.1. The van der Waals surface area contributed by atoms with Crippen LogP contribution in [0, 0.1) is 0 Å². The third-order valence-corrected chi connectivity index (χ3v) is 10.1. The second kappa shape index (κ2) is 12.3. The van der Waals surface area contributed by atoms with E-state index in [-0.39, 0.29) is 67.1 Å². The van der Waals surface area contributed by atoms with E-state index in [0.29, 0.717) is 22.3 Å². The van der Waals surface area contributed by atoms with Gasteiger partial charge < -0.3 is 8.83 Å². The Balaban J connectivity index is 1.26. The quantitative estimate of drug-likeness (QED) is 0.175. The molecule has 0 bridgehead atoms. The van der Waals surface area contributed by atoms with Crippen LogP contribution in [0.4, 0.5) is 0 Å². The van der Waals surface area contributed by atoms with Crippen LogP contribution in [0.3, 0.4) is 0 Å². The summed E-state index contributed by atoms with van der Waals surface area (Å²) >= 11 is 0. The molecule has 0 aliphatic rings. The number of rotatable bonds is 5. The van der Waals surface area contributed by atoms with Crippen LogP contribution < -0.4 is 0 Å². The molecule has 0 amide bonds. The van der Waals surface area contributed by atoms with Gasteiger partial charge >= 0.3 is 0 Å². The van der Waals surface area contributed by atoms with E-state index in [9.17, 15) is 4.11 Å². The van der Waals surface area contributed by atoms with Gasteiger partial charge in [-0.25, -0.2) is 4.98 Å². The lowest BCUT2D eigenvalue weighted by Gasteiger charge is -2.12. The topological polar surface area (TPSA) is 69.9 Å². The standard InChI is InChI=1S/C51H30N4O2/c1-4-15-31(16-5-1)35-23-14-26-43-45(35)38-28-27-34(29-44(38)56-43)50-52-49(33-19-8-3-9-20-33)53-51(54-50)55-40-24-12-10-21-36(40)47-41(55)30-39(32-17-6-2-7-18-32)46-37-22-11-13-25-42(37)57-48(46)47/h1-30H/i3D,8D,9D,10D,11D,12D,13D,19D,20D,21D,22D,24D,25D,30D. The van der Waals surface area contributed by atoms with Crippen LogP contribution in [0.1, 0.15) is 19.2 Å². The van der Waals surface area contributed by atoms with Gasteiger partial charge in [0.1, 0.15) is 22.3 Å². The molecular weight excluding hydrogens is 701 g/mol. The van der Waals surface area contributed by atoms with E-state index < -0.39 is 89.9 Å². The molecule has 4 aromatic heterocycles. The second-order valence-electron chi connectivity index (χ2n) is 13.3. The number of aromatic nitrogens is 4. The van der Waals surface area contributed by atoms with E-state index in [4.69, 9.17) is 38.9 Å². The zero-order chi connectivity index (χ0) is 49.6. The van der Waals surface area contributed by atoms with Crippen LogP contribution in [-0.4, -0.2) is 19.5 Å². The van der Waals surface area contributed by atoms with Crippen LogP contribution in [0.25, 0.3) is 117 Å². The molecule has 57 heavy (non-hydrogen) atoms. The molecule has 0 fully saturated rings. The second-order valence-corrected chi connectivity index (χ2v) is 13.3. The van der Waals surface area contributed by atoms with Crippen LogP contribution in [0.15, 0.2) is 190 Å². The SMILES string of the molecule is [2H]c1c([2H])c([2H])c(-c2nc(-c3ccc4c(c3)oc3cccc(-c5ccccc5)c34)nc(-n3c4c([2H])c([2H])c([2H])c([2H])c4c4c5oc6c([2H])c([2H])c([2H])c([2H])c6c5c(-c5ccccc5)c([2H])c43)n2)c([2H])c1[2H]. The maximum Gasteiger partial charge on any atom is 0.238 e. The van der Waals surface area contributed by atoms with Gasteiger partial charge in [0.15, 0.2) is 11.6 Å². The number of furan rings is 2. The van der Waals surface area contributed by atoms with Crippen molar-refractivity contribution in [3.8, 4) is 51.0 Å². The molecule has 266 valence electrons. The molecule has 0 N–H and O–H groups in total. The van der Waals surface area contributed by atoms with Crippen molar-refractivity contribution < 1.29 is 28.0 Å². The normalized spacial score (nSPS) is 15.3. The van der Waals surface area contributed by atoms with Crippen molar-refractivity contribution in [2.45, 2.75) is 0 Å². The summed E-state index contributed by atoms with van der Waals surface area (Å²) in [6.45, 7) is 0. The van der Waals surface area contributed by atoms with Gasteiger partial charge in [0.05, 0.1) is 35.6 Å². The highest BCUT2D eigenvalue weighted by atomic mass is 16.3. The zero-order valence-corrected chi connectivity index (χ0v) is 29.3. The Hall–Kier alpha value is -7.83. The predicted molar refractivity (Wildman–Crippen MR) is 230 cm³/mol. The van der Waals surface area contributed by atoms with E-state index in [1.54, 1.807) is 42.5 Å². The summed E-state index contributed by atoms with van der Waals surface area (Å²) in [7, 11) is 0. The molecule has 0 atom stereocenters. The number of benzene rings is 8. The predicted octanol–water partition coefficient (Wildman–Crippen LogP) is 13.4. The molecule has 6 nitrogen and oxygen atoms in total. The minimum atomic E-state index is -0.671. The summed E-state index contributed by atoms with van der Waals surface area (Å²) < 4.78 is 140. The first-order valence-electron chi connectivity index (χ1n) is 24.9. The van der Waals surface area contributed by atoms with Gasteiger partial charge in [-0.1, -0.05) is 145 Å². The van der Waals surface area contributed by atoms with E-state index in [2.05, 4.69) is 0 Å². The number of hydrogen-bond donors (Lipinski definition) is 0. The fourth-order valence-electron chi connectivity index (χ4n) is 7.66. The lowest BCUT2D eigenvalue weighted by atomic mass is 9.97. The van der Waals surface area contributed by atoms with Gasteiger partial charge in [-0.05, 0) is 58.6 Å². The molecule has 0 spiro atoms. The average Bonchev–Trinajstić information content (AvgIpc) is 4.09. The van der Waals surface area contributed by atoms with Gasteiger partial charge in [-0.15, -0.1) is 0 Å². The van der Waals surface area contributed by atoms with Gasteiger partial charge in [0, 0.05) is 38.1 Å². The number of hydrogen-bond acceptors (Lipinski definition) is 5. The van der Waals surface area contributed by atoms with Crippen molar-refractivity contribution >= 4 is 65.7 Å². The van der Waals surface area contributed by atoms with Crippen LogP contribution >= 0.6 is 0 Å². The van der Waals surface area contributed by atoms with Gasteiger partial charge in [-0.2, -0.15) is 9.97 Å². The summed E-state index contributed by atoms with van der Waals surface area (Å²) in [6.07, 6.45) is 0. The zero-order valence-electron chi connectivity index (χ0n) is 43.3. The molecule has 0 aliphatic carbocycles. The molecular formula is C51H30N4O2. The van der Waals surface area contributed by atoms with Crippen molar-refractivity contribution in [3.63, 3.8) is 0 Å². The first kappa shape index (κ1) is 20.7. The van der Waals surface area contributed by atoms with Gasteiger partial charge in [0.25, 0.3) is 0 Å². The van der Waals surface area contributed by atoms with Crippen LogP contribution in [0.5, 0.6) is 0 Å². The molecule has 0 unspecified atom stereocenters. The van der Waals surface area contributed by atoms with Crippen molar-refractivity contribution in [1.29, 1.82) is 0 Å². The van der Waals surface area contributed by atoms with E-state index >= 15 is 0 Å². The maximum atomic E-state index is 10.2. The molecule has 0 saturated heterocycles. The van der Waals surface area contributed by atoms with E-state index in [1.807, 2.05) is 54.6 Å². The maximum absolute atomic E-state index is 10.2. The summed E-state index contributed by atoms with van der Waals surface area (Å²) in [5.74, 6) is -0.899. The number of fused-ring (bicyclic) bond motifs is 10. The Labute approximate surface area is 345 Å². The van der Waals surface area contributed by atoms with Gasteiger partial charge in [-0.3, -0.25) is 4.57 Å². The van der Waals surface area contributed by atoms with E-state index in [1.165, 1.54) is 4.57 Å². The summed E-state index contributed by atoms with van der Waals surface area (Å²) in [5, 5.41) is 1.41. The molecule has 12 aromatic rings. The molecule has 0 saturated carbocycles. The Morgan fingerprint density at radius 2 is 1.14 bits per heavy atom. The highest BCUT2D eigenvalue weighted by Gasteiger charge is 2.24. The van der Waals surface area contributed by atoms with Gasteiger partial charge in [0.2, 0.25) is 5.95 Å². The number of para-hydroxylation sites is 2. The highest BCUT2D eigenvalue weighted by Crippen LogP contribution is 2.45. The molecule has 0 aliphatic heterocycles. The molecule has 4 heterocycles. The summed E-state index contributed by atoms with van der Waals surface area (Å²) in [6, 6.07) is 21.2. The fourth-order valence-corrected chi connectivity index (χ4v) is 7.66. The Morgan fingerprint density at radius 1 is 0.439 bits per heavy atom. The monoisotopic (exact) mass is 744 g/mol. The smallest absolute Gasteiger partial charge is 0.238 e. The molecule has 0 radical (unpaired) electrons. The van der Waals surface area contributed by atoms with Crippen LogP contribution in [0.2, 0.25) is 0 Å². The Kier molecular flexibility index (Phi) is 4.49. The Bertz CT molecular complexity index is 4320. The highest BCUT2D eigenvalue weighted by molar-refractivity contribution is 6.27. The largest absolute Gasteiger partial charge is 0.456 e. The lowest BCUT2D eigenvalue weighted by molar-refractivity contribution is 0.669. The third-order valence-electron chi connectivity index (χ3n) is 10.1. The van der Waals surface area contributed by atoms with Crippen molar-refractivity contribution in [2.24, 2.45) is 0 Å². The minimum absolute atomic E-state index is 0.0511. The Morgan fingerprint density at radius 3 is 1.95 bits per heavy atom. The summed E-state index contributed by atoms with van der Waals surface area (Å²) in [4.78, 5) is 14.4. The third kappa shape index (κ3) is 4.87. The first-order valence-corrected chi connectivity index (χ1v) is 17.9. The minimum Gasteiger partial charge on any atom is -0.456 e. The fraction of sp³-hybridized carbons (Fsp3) is 0. The molecule has 8 aromatic carbocycles. The van der Waals surface area contributed by atoms with Crippen molar-refractivity contribution in [3.05, 3.63) is 182 Å². The van der Waals surface area contributed by atoms with Crippen LogP contribution in [-0.2, 0) is 0 Å². The van der Waals surface area contributed by atoms with Crippen molar-refractivity contribution in [2.75, 3.05) is 0 Å². The average molecular weight is 745 g/mol. The van der Waals surface area contributed by atoms with Crippen molar-refractivity contribution in [1.82, 2.24) is 19.5 Å². The number of nitrogens with zero attached hydrogens (tertiary/aromatic N) is 4. The summed E-state index contributed by atoms with van der Waals surface area (Å²) in [5.41, 5.74) is 2.64. The molecule has 6 heteroatoms.